The third-order valence-electron chi connectivity index (χ3n) is 6.25. The van der Waals surface area contributed by atoms with E-state index in [0.29, 0.717) is 30.8 Å². The second-order valence-corrected chi connectivity index (χ2v) is 11.2. The van der Waals surface area contributed by atoms with Crippen LogP contribution in [0, 0.1) is 0 Å². The number of nitrogens with zero attached hydrogens (tertiary/aromatic N) is 2. The quantitative estimate of drug-likeness (QED) is 0.467. The Bertz CT molecular complexity index is 1340. The molecule has 37 heavy (non-hydrogen) atoms. The molecule has 0 aromatic heterocycles. The van der Waals surface area contributed by atoms with Gasteiger partial charge in [-0.1, -0.05) is 54.6 Å². The van der Waals surface area contributed by atoms with Crippen LogP contribution >= 0.6 is 0 Å². The van der Waals surface area contributed by atoms with E-state index in [2.05, 4.69) is 5.32 Å². The second-order valence-electron chi connectivity index (χ2n) is 9.04. The Morgan fingerprint density at radius 1 is 0.919 bits per heavy atom. The number of nitrogens with one attached hydrogen (secondary N) is 1. The zero-order valence-electron chi connectivity index (χ0n) is 21.0. The first kappa shape index (κ1) is 26.4. The van der Waals surface area contributed by atoms with Crippen LogP contribution < -0.4 is 15.0 Å². The van der Waals surface area contributed by atoms with Crippen molar-refractivity contribution in [3.8, 4) is 5.75 Å². The van der Waals surface area contributed by atoms with Crippen LogP contribution in [0.2, 0.25) is 0 Å². The topological polar surface area (TPSA) is 96.0 Å². The molecule has 8 nitrogen and oxygen atoms in total. The first-order valence-corrected chi connectivity index (χ1v) is 13.6. The number of sulfonamides is 1. The van der Waals surface area contributed by atoms with E-state index in [1.54, 1.807) is 47.4 Å². The number of aryl methyl sites for hydroxylation is 1. The van der Waals surface area contributed by atoms with Gasteiger partial charge in [0, 0.05) is 27.1 Å². The smallest absolute Gasteiger partial charge is 0.262 e. The molecule has 1 N–H and O–H groups in total. The van der Waals surface area contributed by atoms with Crippen LogP contribution in [0.5, 0.6) is 5.75 Å². The molecule has 3 aromatic rings. The summed E-state index contributed by atoms with van der Waals surface area (Å²) in [6.07, 6.45) is 0.531. The highest BCUT2D eigenvalue weighted by atomic mass is 32.2. The number of hydrogen-bond acceptors (Lipinski definition) is 5. The van der Waals surface area contributed by atoms with E-state index in [0.717, 1.165) is 15.4 Å². The minimum absolute atomic E-state index is 0.118. The van der Waals surface area contributed by atoms with E-state index < -0.39 is 16.1 Å². The Kier molecular flexibility index (Phi) is 8.25. The lowest BCUT2D eigenvalue weighted by atomic mass is 10.1. The monoisotopic (exact) mass is 521 g/mol. The Balaban J connectivity index is 1.39. The van der Waals surface area contributed by atoms with Crippen molar-refractivity contribution in [3.63, 3.8) is 0 Å². The Labute approximate surface area is 217 Å². The molecule has 194 valence electrons. The van der Waals surface area contributed by atoms with Gasteiger partial charge in [0.05, 0.1) is 17.1 Å². The molecule has 1 aliphatic heterocycles. The Hall–Kier alpha value is -3.69. The number of fused-ring (bicyclic) bond motifs is 1. The molecule has 0 aliphatic carbocycles. The molecule has 9 heteroatoms. The van der Waals surface area contributed by atoms with Crippen LogP contribution in [-0.2, 0) is 32.5 Å². The third kappa shape index (κ3) is 6.36. The molecule has 1 atom stereocenters. The molecule has 3 aromatic carbocycles. The maximum absolute atomic E-state index is 13.3. The van der Waals surface area contributed by atoms with Gasteiger partial charge in [-0.25, -0.2) is 12.7 Å². The molecule has 0 radical (unpaired) electrons. The van der Waals surface area contributed by atoms with E-state index in [4.69, 9.17) is 4.74 Å². The summed E-state index contributed by atoms with van der Waals surface area (Å²) in [5.74, 6) is 0.0901. The molecule has 0 unspecified atom stereocenters. The van der Waals surface area contributed by atoms with E-state index in [9.17, 15) is 18.0 Å². The number of para-hydroxylation sites is 2. The summed E-state index contributed by atoms with van der Waals surface area (Å²) in [5.41, 5.74) is 2.61. The number of rotatable bonds is 9. The molecule has 0 spiro atoms. The van der Waals surface area contributed by atoms with Crippen molar-refractivity contribution in [2.75, 3.05) is 32.1 Å². The molecule has 0 bridgehead atoms. The summed E-state index contributed by atoms with van der Waals surface area (Å²) < 4.78 is 31.7. The summed E-state index contributed by atoms with van der Waals surface area (Å²) in [5, 5.41) is 2.92. The summed E-state index contributed by atoms with van der Waals surface area (Å²) in [7, 11) is -0.536. The SMILES string of the molecule is CN(C)S(=O)(=O)c1ccc(CCC(=O)N2C[C@@H](C(=O)NCCc3ccccc3)Oc3ccccc32)cc1. The highest BCUT2D eigenvalue weighted by Crippen LogP contribution is 2.33. The van der Waals surface area contributed by atoms with E-state index in [-0.39, 0.29) is 29.7 Å². The standard InChI is InChI=1S/C28H31N3O5S/c1-30(2)37(34,35)23-15-12-22(13-16-23)14-17-27(32)31-20-26(36-25-11-7-6-10-24(25)31)28(33)29-19-18-21-8-4-3-5-9-21/h3-13,15-16,26H,14,17-20H2,1-2H3,(H,29,33)/t26-/m0/s1. The highest BCUT2D eigenvalue weighted by molar-refractivity contribution is 7.89. The molecular weight excluding hydrogens is 490 g/mol. The first-order chi connectivity index (χ1) is 17.8. The van der Waals surface area contributed by atoms with E-state index >= 15 is 0 Å². The predicted octanol–water partition coefficient (Wildman–Crippen LogP) is 3.02. The minimum atomic E-state index is -3.51. The molecule has 4 rings (SSSR count). The molecule has 0 saturated carbocycles. The summed E-state index contributed by atoms with van der Waals surface area (Å²) >= 11 is 0. The maximum atomic E-state index is 13.3. The lowest BCUT2D eigenvalue weighted by Gasteiger charge is -2.34. The van der Waals surface area contributed by atoms with Gasteiger partial charge in [-0.2, -0.15) is 0 Å². The van der Waals surface area contributed by atoms with Crippen molar-refractivity contribution in [2.45, 2.75) is 30.3 Å². The lowest BCUT2D eigenvalue weighted by Crippen LogP contribution is -2.51. The zero-order chi connectivity index (χ0) is 26.4. The Morgan fingerprint density at radius 3 is 2.27 bits per heavy atom. The average molecular weight is 522 g/mol. The normalized spacial score (nSPS) is 15.1. The zero-order valence-corrected chi connectivity index (χ0v) is 21.8. The van der Waals surface area contributed by atoms with Crippen molar-refractivity contribution in [1.82, 2.24) is 9.62 Å². The lowest BCUT2D eigenvalue weighted by molar-refractivity contribution is -0.128. The van der Waals surface area contributed by atoms with Gasteiger partial charge in [0.1, 0.15) is 5.75 Å². The van der Waals surface area contributed by atoms with Gasteiger partial charge in [0.25, 0.3) is 5.91 Å². The number of amides is 2. The summed E-state index contributed by atoms with van der Waals surface area (Å²) in [6, 6.07) is 23.6. The van der Waals surface area contributed by atoms with Crippen molar-refractivity contribution >= 4 is 27.5 Å². The van der Waals surface area contributed by atoms with Gasteiger partial charge in [-0.3, -0.25) is 9.59 Å². The number of carbonyl (C=O) groups is 2. The van der Waals surface area contributed by atoms with Gasteiger partial charge >= 0.3 is 0 Å². The van der Waals surface area contributed by atoms with Gasteiger partial charge < -0.3 is 15.0 Å². The van der Waals surface area contributed by atoms with Gasteiger partial charge in [-0.05, 0) is 48.2 Å². The van der Waals surface area contributed by atoms with Crippen molar-refractivity contribution in [2.24, 2.45) is 0 Å². The number of carbonyl (C=O) groups excluding carboxylic acids is 2. The van der Waals surface area contributed by atoms with Gasteiger partial charge in [0.2, 0.25) is 15.9 Å². The number of ether oxygens (including phenoxy) is 1. The van der Waals surface area contributed by atoms with Crippen LogP contribution in [0.15, 0.2) is 83.8 Å². The largest absolute Gasteiger partial charge is 0.477 e. The fourth-order valence-corrected chi connectivity index (χ4v) is 5.02. The summed E-state index contributed by atoms with van der Waals surface area (Å²) in [6.45, 7) is 0.588. The summed E-state index contributed by atoms with van der Waals surface area (Å²) in [4.78, 5) is 27.9. The van der Waals surface area contributed by atoms with Gasteiger partial charge in [-0.15, -0.1) is 0 Å². The van der Waals surface area contributed by atoms with E-state index in [1.807, 2.05) is 36.4 Å². The Morgan fingerprint density at radius 2 is 1.57 bits per heavy atom. The molecule has 0 saturated heterocycles. The average Bonchev–Trinajstić information content (AvgIpc) is 2.91. The maximum Gasteiger partial charge on any atom is 0.262 e. The number of anilines is 1. The second kappa shape index (κ2) is 11.6. The van der Waals surface area contributed by atoms with Gasteiger partial charge in [0.15, 0.2) is 6.10 Å². The van der Waals surface area contributed by atoms with Crippen LogP contribution in [0.4, 0.5) is 5.69 Å². The van der Waals surface area contributed by atoms with Crippen molar-refractivity contribution < 1.29 is 22.7 Å². The van der Waals surface area contributed by atoms with Crippen molar-refractivity contribution in [1.29, 1.82) is 0 Å². The third-order valence-corrected chi connectivity index (χ3v) is 8.08. The molecule has 1 heterocycles. The van der Waals surface area contributed by atoms with E-state index in [1.165, 1.54) is 14.1 Å². The first-order valence-electron chi connectivity index (χ1n) is 12.1. The molecule has 0 fully saturated rings. The van der Waals surface area contributed by atoms with Crippen LogP contribution in [0.1, 0.15) is 17.5 Å². The predicted molar refractivity (Wildman–Crippen MR) is 142 cm³/mol. The van der Waals surface area contributed by atoms with Crippen LogP contribution in [0.3, 0.4) is 0 Å². The van der Waals surface area contributed by atoms with Crippen LogP contribution in [-0.4, -0.2) is 57.8 Å². The molecule has 1 aliphatic rings. The molecule has 2 amide bonds. The minimum Gasteiger partial charge on any atom is -0.477 e. The fraction of sp³-hybridized carbons (Fsp3) is 0.286. The molecular formula is C28H31N3O5S. The highest BCUT2D eigenvalue weighted by Gasteiger charge is 2.33. The number of benzene rings is 3. The van der Waals surface area contributed by atoms with Crippen LogP contribution in [0.25, 0.3) is 0 Å². The van der Waals surface area contributed by atoms with Crippen molar-refractivity contribution in [3.05, 3.63) is 90.0 Å². The number of hydrogen-bond donors (Lipinski definition) is 1. The fourth-order valence-electron chi connectivity index (χ4n) is 4.12.